The van der Waals surface area contributed by atoms with Gasteiger partial charge in [0, 0.05) is 13.0 Å². The van der Waals surface area contributed by atoms with Crippen molar-refractivity contribution in [2.24, 2.45) is 5.73 Å². The predicted octanol–water partition coefficient (Wildman–Crippen LogP) is 1.86. The summed E-state index contributed by atoms with van der Waals surface area (Å²) >= 11 is 11.7. The van der Waals surface area contributed by atoms with E-state index in [0.717, 1.165) is 5.56 Å². The molecular formula is C9H11Cl2NO. The van der Waals surface area contributed by atoms with Crippen LogP contribution in [0, 0.1) is 0 Å². The Kier molecular flexibility index (Phi) is 4.00. The fourth-order valence-corrected chi connectivity index (χ4v) is 1.44. The molecule has 72 valence electrons. The van der Waals surface area contributed by atoms with Gasteiger partial charge in [-0.15, -0.1) is 0 Å². The first kappa shape index (κ1) is 10.8. The molecule has 1 rings (SSSR count). The van der Waals surface area contributed by atoms with Gasteiger partial charge in [-0.25, -0.2) is 0 Å². The van der Waals surface area contributed by atoms with Gasteiger partial charge in [0.1, 0.15) is 0 Å². The Hall–Kier alpha value is -0.280. The van der Waals surface area contributed by atoms with Crippen LogP contribution in [-0.2, 0) is 6.42 Å². The Bertz CT molecular complexity index is 291. The van der Waals surface area contributed by atoms with Gasteiger partial charge in [0.25, 0.3) is 0 Å². The van der Waals surface area contributed by atoms with Crippen LogP contribution in [0.15, 0.2) is 18.2 Å². The molecule has 0 radical (unpaired) electrons. The average Bonchev–Trinajstić information content (AvgIpc) is 2.13. The van der Waals surface area contributed by atoms with Gasteiger partial charge in [-0.2, -0.15) is 0 Å². The highest BCUT2D eigenvalue weighted by molar-refractivity contribution is 6.42. The van der Waals surface area contributed by atoms with Crippen LogP contribution in [0.2, 0.25) is 10.0 Å². The van der Waals surface area contributed by atoms with E-state index in [0.29, 0.717) is 16.5 Å². The summed E-state index contributed by atoms with van der Waals surface area (Å²) in [7, 11) is 0. The molecule has 0 aliphatic rings. The van der Waals surface area contributed by atoms with Crippen molar-refractivity contribution in [2.75, 3.05) is 6.54 Å². The Morgan fingerprint density at radius 3 is 2.69 bits per heavy atom. The van der Waals surface area contributed by atoms with E-state index in [4.69, 9.17) is 28.9 Å². The smallest absolute Gasteiger partial charge is 0.0703 e. The fourth-order valence-electron chi connectivity index (χ4n) is 1.04. The SMILES string of the molecule is NCC(O)Cc1cccc(Cl)c1Cl. The summed E-state index contributed by atoms with van der Waals surface area (Å²) in [6.45, 7) is 0.225. The molecule has 13 heavy (non-hydrogen) atoms. The summed E-state index contributed by atoms with van der Waals surface area (Å²) in [5.74, 6) is 0. The van der Waals surface area contributed by atoms with E-state index in [1.54, 1.807) is 12.1 Å². The third-order valence-electron chi connectivity index (χ3n) is 1.76. The molecule has 1 unspecified atom stereocenters. The molecule has 0 saturated carbocycles. The second kappa shape index (κ2) is 4.82. The number of aliphatic hydroxyl groups excluding tert-OH is 1. The summed E-state index contributed by atoms with van der Waals surface area (Å²) in [6, 6.07) is 5.34. The zero-order valence-corrected chi connectivity index (χ0v) is 8.52. The summed E-state index contributed by atoms with van der Waals surface area (Å²) in [5, 5.41) is 10.3. The molecule has 0 bridgehead atoms. The van der Waals surface area contributed by atoms with Crippen LogP contribution in [0.3, 0.4) is 0 Å². The van der Waals surface area contributed by atoms with Gasteiger partial charge >= 0.3 is 0 Å². The maximum atomic E-state index is 9.30. The van der Waals surface area contributed by atoms with Gasteiger partial charge in [-0.1, -0.05) is 35.3 Å². The van der Waals surface area contributed by atoms with E-state index < -0.39 is 6.10 Å². The molecule has 0 spiro atoms. The Morgan fingerprint density at radius 2 is 2.08 bits per heavy atom. The highest BCUT2D eigenvalue weighted by Crippen LogP contribution is 2.26. The van der Waals surface area contributed by atoms with E-state index in [2.05, 4.69) is 0 Å². The zero-order chi connectivity index (χ0) is 9.84. The minimum Gasteiger partial charge on any atom is -0.391 e. The number of hydrogen-bond donors (Lipinski definition) is 2. The van der Waals surface area contributed by atoms with E-state index in [1.165, 1.54) is 0 Å². The van der Waals surface area contributed by atoms with Gasteiger partial charge in [0.2, 0.25) is 0 Å². The lowest BCUT2D eigenvalue weighted by molar-refractivity contribution is 0.183. The molecule has 0 heterocycles. The lowest BCUT2D eigenvalue weighted by Crippen LogP contribution is -2.22. The van der Waals surface area contributed by atoms with Crippen LogP contribution in [0.5, 0.6) is 0 Å². The molecule has 3 N–H and O–H groups in total. The quantitative estimate of drug-likeness (QED) is 0.816. The molecule has 1 aromatic rings. The van der Waals surface area contributed by atoms with E-state index in [9.17, 15) is 5.11 Å². The van der Waals surface area contributed by atoms with Gasteiger partial charge in [0.05, 0.1) is 16.1 Å². The van der Waals surface area contributed by atoms with E-state index in [-0.39, 0.29) is 6.54 Å². The highest BCUT2D eigenvalue weighted by atomic mass is 35.5. The average molecular weight is 220 g/mol. The fraction of sp³-hybridized carbons (Fsp3) is 0.333. The van der Waals surface area contributed by atoms with Crippen molar-refractivity contribution in [3.05, 3.63) is 33.8 Å². The van der Waals surface area contributed by atoms with E-state index in [1.807, 2.05) is 6.07 Å². The van der Waals surface area contributed by atoms with Gasteiger partial charge in [-0.3, -0.25) is 0 Å². The molecule has 4 heteroatoms. The maximum absolute atomic E-state index is 9.30. The number of halogens is 2. The third-order valence-corrected chi connectivity index (χ3v) is 2.62. The van der Waals surface area contributed by atoms with Crippen molar-refractivity contribution in [1.29, 1.82) is 0 Å². The second-order valence-electron chi connectivity index (χ2n) is 2.81. The molecule has 1 atom stereocenters. The van der Waals surface area contributed by atoms with Crippen molar-refractivity contribution in [3.63, 3.8) is 0 Å². The predicted molar refractivity (Wildman–Crippen MR) is 55.2 cm³/mol. The Labute approximate surface area is 87.3 Å². The monoisotopic (exact) mass is 219 g/mol. The summed E-state index contributed by atoms with van der Waals surface area (Å²) in [5.41, 5.74) is 6.11. The molecular weight excluding hydrogens is 209 g/mol. The molecule has 0 aliphatic carbocycles. The first-order valence-electron chi connectivity index (χ1n) is 3.96. The van der Waals surface area contributed by atoms with Crippen molar-refractivity contribution < 1.29 is 5.11 Å². The van der Waals surface area contributed by atoms with Crippen LogP contribution in [0.4, 0.5) is 0 Å². The van der Waals surface area contributed by atoms with Crippen LogP contribution in [0.25, 0.3) is 0 Å². The normalized spacial score (nSPS) is 12.9. The Morgan fingerprint density at radius 1 is 1.38 bits per heavy atom. The number of aliphatic hydroxyl groups is 1. The second-order valence-corrected chi connectivity index (χ2v) is 3.59. The topological polar surface area (TPSA) is 46.2 Å². The van der Waals surface area contributed by atoms with Crippen molar-refractivity contribution >= 4 is 23.2 Å². The minimum atomic E-state index is -0.559. The van der Waals surface area contributed by atoms with Crippen molar-refractivity contribution in [3.8, 4) is 0 Å². The van der Waals surface area contributed by atoms with Gasteiger partial charge < -0.3 is 10.8 Å². The van der Waals surface area contributed by atoms with Crippen LogP contribution in [0.1, 0.15) is 5.56 Å². The zero-order valence-electron chi connectivity index (χ0n) is 7.00. The molecule has 0 fully saturated rings. The molecule has 0 aliphatic heterocycles. The summed E-state index contributed by atoms with van der Waals surface area (Å²) in [6.07, 6.45) is -0.119. The van der Waals surface area contributed by atoms with Gasteiger partial charge in [-0.05, 0) is 11.6 Å². The molecule has 2 nitrogen and oxygen atoms in total. The van der Waals surface area contributed by atoms with Gasteiger partial charge in [0.15, 0.2) is 0 Å². The largest absolute Gasteiger partial charge is 0.391 e. The maximum Gasteiger partial charge on any atom is 0.0703 e. The summed E-state index contributed by atoms with van der Waals surface area (Å²) in [4.78, 5) is 0. The van der Waals surface area contributed by atoms with Crippen LogP contribution in [-0.4, -0.2) is 17.8 Å². The Balaban J connectivity index is 2.83. The van der Waals surface area contributed by atoms with Crippen molar-refractivity contribution in [1.82, 2.24) is 0 Å². The number of rotatable bonds is 3. The van der Waals surface area contributed by atoms with E-state index >= 15 is 0 Å². The first-order chi connectivity index (χ1) is 6.15. The summed E-state index contributed by atoms with van der Waals surface area (Å²) < 4.78 is 0. The minimum absolute atomic E-state index is 0.225. The van der Waals surface area contributed by atoms with Crippen molar-refractivity contribution in [2.45, 2.75) is 12.5 Å². The molecule has 1 aromatic carbocycles. The number of hydrogen-bond acceptors (Lipinski definition) is 2. The molecule has 0 amide bonds. The lowest BCUT2D eigenvalue weighted by Gasteiger charge is -2.09. The molecule has 0 aromatic heterocycles. The van der Waals surface area contributed by atoms with Crippen LogP contribution >= 0.6 is 23.2 Å². The number of benzene rings is 1. The number of nitrogens with two attached hydrogens (primary N) is 1. The van der Waals surface area contributed by atoms with Crippen LogP contribution < -0.4 is 5.73 Å². The first-order valence-corrected chi connectivity index (χ1v) is 4.71. The lowest BCUT2D eigenvalue weighted by atomic mass is 10.1. The third kappa shape index (κ3) is 2.85. The highest BCUT2D eigenvalue weighted by Gasteiger charge is 2.08. The molecule has 0 saturated heterocycles. The standard InChI is InChI=1S/C9H11Cl2NO/c10-8-3-1-2-6(9(8)11)4-7(13)5-12/h1-3,7,13H,4-5,12H2.